The highest BCUT2D eigenvalue weighted by atomic mass is 32.1. The Morgan fingerprint density at radius 3 is 2.56 bits per heavy atom. The topological polar surface area (TPSA) is 81.4 Å². The second-order valence-electron chi connectivity index (χ2n) is 6.35. The molecule has 3 aromatic rings. The van der Waals surface area contributed by atoms with Crippen LogP contribution in [-0.2, 0) is 11.3 Å². The predicted molar refractivity (Wildman–Crippen MR) is 103 cm³/mol. The van der Waals surface area contributed by atoms with Gasteiger partial charge < -0.3 is 9.26 Å². The summed E-state index contributed by atoms with van der Waals surface area (Å²) in [7, 11) is 3.36. The largest absolute Gasteiger partial charge is 0.465 e. The van der Waals surface area contributed by atoms with Crippen LogP contribution in [0.15, 0.2) is 28.8 Å². The van der Waals surface area contributed by atoms with Gasteiger partial charge in [-0.1, -0.05) is 17.3 Å². The van der Waals surface area contributed by atoms with E-state index in [4.69, 9.17) is 9.26 Å². The van der Waals surface area contributed by atoms with Gasteiger partial charge in [0.1, 0.15) is 0 Å². The van der Waals surface area contributed by atoms with Crippen molar-refractivity contribution >= 4 is 17.3 Å². The number of aryl methyl sites for hydroxylation is 2. The zero-order valence-electron chi connectivity index (χ0n) is 16.0. The Hall–Kier alpha value is -2.58. The van der Waals surface area contributed by atoms with Crippen LogP contribution in [0.25, 0.3) is 11.4 Å². The van der Waals surface area contributed by atoms with E-state index < -0.39 is 0 Å². The molecule has 27 heavy (non-hydrogen) atoms. The highest BCUT2D eigenvalue weighted by Crippen LogP contribution is 2.27. The van der Waals surface area contributed by atoms with Crippen LogP contribution in [0.5, 0.6) is 0 Å². The van der Waals surface area contributed by atoms with E-state index in [-0.39, 0.29) is 12.0 Å². The molecule has 2 aromatic heterocycles. The molecular formula is C19H22N4O3S. The minimum absolute atomic E-state index is 0.143. The summed E-state index contributed by atoms with van der Waals surface area (Å²) in [5, 5.41) is 5.11. The zero-order chi connectivity index (χ0) is 19.6. The van der Waals surface area contributed by atoms with Gasteiger partial charge in [0, 0.05) is 10.4 Å². The molecule has 0 radical (unpaired) electrons. The van der Waals surface area contributed by atoms with Gasteiger partial charge in [0.2, 0.25) is 11.7 Å². The number of ether oxygens (including phenoxy) is 1. The molecule has 7 nitrogen and oxygen atoms in total. The lowest BCUT2D eigenvalue weighted by molar-refractivity contribution is 0.0601. The van der Waals surface area contributed by atoms with Gasteiger partial charge in [-0.05, 0) is 40.0 Å². The Balaban J connectivity index is 1.70. The minimum Gasteiger partial charge on any atom is -0.465 e. The Bertz CT molecular complexity index is 933. The molecule has 3 rings (SSSR count). The van der Waals surface area contributed by atoms with Gasteiger partial charge in [0.15, 0.2) is 0 Å². The lowest BCUT2D eigenvalue weighted by Gasteiger charge is -2.22. The van der Waals surface area contributed by atoms with E-state index in [9.17, 15) is 4.79 Å². The molecule has 1 aromatic carbocycles. The van der Waals surface area contributed by atoms with E-state index >= 15 is 0 Å². The highest BCUT2D eigenvalue weighted by molar-refractivity contribution is 7.11. The third kappa shape index (κ3) is 4.23. The molecule has 0 fully saturated rings. The summed E-state index contributed by atoms with van der Waals surface area (Å²) in [4.78, 5) is 24.0. The fourth-order valence-electron chi connectivity index (χ4n) is 2.80. The van der Waals surface area contributed by atoms with Crippen LogP contribution in [0.3, 0.4) is 0 Å². The Labute approximate surface area is 162 Å². The van der Waals surface area contributed by atoms with Gasteiger partial charge in [0.05, 0.1) is 36.0 Å². The maximum atomic E-state index is 11.5. The minimum atomic E-state index is -0.376. The molecule has 0 spiro atoms. The molecule has 0 amide bonds. The molecule has 0 bridgehead atoms. The van der Waals surface area contributed by atoms with Crippen molar-refractivity contribution in [1.29, 1.82) is 0 Å². The summed E-state index contributed by atoms with van der Waals surface area (Å²) < 4.78 is 10.1. The maximum absolute atomic E-state index is 11.5. The van der Waals surface area contributed by atoms with Crippen LogP contribution >= 0.6 is 11.3 Å². The Morgan fingerprint density at radius 1 is 1.26 bits per heavy atom. The smallest absolute Gasteiger partial charge is 0.337 e. The van der Waals surface area contributed by atoms with Crippen molar-refractivity contribution in [2.45, 2.75) is 33.4 Å². The molecule has 0 saturated heterocycles. The highest BCUT2D eigenvalue weighted by Gasteiger charge is 2.20. The number of hydrogen-bond acceptors (Lipinski definition) is 8. The number of hydrogen-bond donors (Lipinski definition) is 0. The van der Waals surface area contributed by atoms with Crippen LogP contribution in [-0.4, -0.2) is 40.2 Å². The number of carbonyl (C=O) groups excluding carboxylic acids is 1. The van der Waals surface area contributed by atoms with Crippen molar-refractivity contribution in [1.82, 2.24) is 20.0 Å². The Morgan fingerprint density at radius 2 is 1.96 bits per heavy atom. The van der Waals surface area contributed by atoms with Crippen LogP contribution in [0.2, 0.25) is 0 Å². The van der Waals surface area contributed by atoms with Crippen LogP contribution in [0, 0.1) is 13.8 Å². The predicted octanol–water partition coefficient (Wildman–Crippen LogP) is 3.79. The summed E-state index contributed by atoms with van der Waals surface area (Å²) in [6.45, 7) is 6.74. The molecule has 0 aliphatic rings. The summed E-state index contributed by atoms with van der Waals surface area (Å²) in [6.07, 6.45) is 0. The molecule has 142 valence electrons. The molecule has 0 aliphatic heterocycles. The molecule has 1 unspecified atom stereocenters. The van der Waals surface area contributed by atoms with Crippen LogP contribution < -0.4 is 0 Å². The summed E-state index contributed by atoms with van der Waals surface area (Å²) in [5.74, 6) is 0.641. The van der Waals surface area contributed by atoms with Crippen molar-refractivity contribution in [3.05, 3.63) is 51.3 Å². The first kappa shape index (κ1) is 19.2. The van der Waals surface area contributed by atoms with Crippen molar-refractivity contribution in [3.8, 4) is 11.4 Å². The number of aromatic nitrogens is 3. The van der Waals surface area contributed by atoms with E-state index in [1.165, 1.54) is 12.0 Å². The Kier molecular flexibility index (Phi) is 5.67. The van der Waals surface area contributed by atoms with E-state index in [1.54, 1.807) is 35.6 Å². The van der Waals surface area contributed by atoms with Gasteiger partial charge >= 0.3 is 5.97 Å². The van der Waals surface area contributed by atoms with Crippen LogP contribution in [0.1, 0.15) is 44.8 Å². The molecule has 0 saturated carbocycles. The monoisotopic (exact) mass is 386 g/mol. The third-order valence-electron chi connectivity index (χ3n) is 4.41. The number of rotatable bonds is 6. The van der Waals surface area contributed by atoms with E-state index in [2.05, 4.69) is 33.9 Å². The number of carbonyl (C=O) groups is 1. The lowest BCUT2D eigenvalue weighted by atomic mass is 10.1. The molecule has 8 heteroatoms. The third-order valence-corrected chi connectivity index (χ3v) is 5.32. The van der Waals surface area contributed by atoms with Crippen molar-refractivity contribution in [2.75, 3.05) is 14.2 Å². The van der Waals surface area contributed by atoms with Gasteiger partial charge in [-0.3, -0.25) is 4.90 Å². The second kappa shape index (κ2) is 7.98. The molecule has 0 N–H and O–H groups in total. The quantitative estimate of drug-likeness (QED) is 0.596. The second-order valence-corrected chi connectivity index (χ2v) is 7.75. The number of methoxy groups -OCH3 is 1. The molecular weight excluding hydrogens is 364 g/mol. The van der Waals surface area contributed by atoms with Crippen molar-refractivity contribution in [3.63, 3.8) is 0 Å². The first-order valence-corrected chi connectivity index (χ1v) is 9.36. The van der Waals surface area contributed by atoms with Gasteiger partial charge in [-0.2, -0.15) is 4.98 Å². The van der Waals surface area contributed by atoms with E-state index in [0.29, 0.717) is 23.8 Å². The summed E-state index contributed by atoms with van der Waals surface area (Å²) in [5.41, 5.74) is 2.34. The SMILES string of the molecule is COC(=O)c1ccc(-c2noc(CN(C)C(C)c3nc(C)sc3C)n2)cc1. The van der Waals surface area contributed by atoms with Gasteiger partial charge in [0.25, 0.3) is 0 Å². The summed E-state index contributed by atoms with van der Waals surface area (Å²) in [6, 6.07) is 7.05. The average Bonchev–Trinajstić information content (AvgIpc) is 3.26. The van der Waals surface area contributed by atoms with Crippen molar-refractivity contribution < 1.29 is 14.1 Å². The summed E-state index contributed by atoms with van der Waals surface area (Å²) >= 11 is 1.71. The first-order chi connectivity index (χ1) is 12.9. The molecule has 2 heterocycles. The molecule has 1 atom stereocenters. The number of thiazole rings is 1. The van der Waals surface area contributed by atoms with E-state index in [1.807, 2.05) is 14.0 Å². The first-order valence-electron chi connectivity index (χ1n) is 8.54. The van der Waals surface area contributed by atoms with Gasteiger partial charge in [-0.25, -0.2) is 9.78 Å². The standard InChI is InChI=1S/C19H22N4O3S/c1-11(17-12(2)27-13(3)20-17)23(4)10-16-21-18(22-26-16)14-6-8-15(9-7-14)19(24)25-5/h6-9,11H,10H2,1-5H3. The number of benzene rings is 1. The maximum Gasteiger partial charge on any atom is 0.337 e. The number of nitrogens with zero attached hydrogens (tertiary/aromatic N) is 4. The average molecular weight is 386 g/mol. The normalized spacial score (nSPS) is 12.4. The number of esters is 1. The van der Waals surface area contributed by atoms with E-state index in [0.717, 1.165) is 16.3 Å². The fraction of sp³-hybridized carbons (Fsp3) is 0.368. The van der Waals surface area contributed by atoms with Gasteiger partial charge in [-0.15, -0.1) is 11.3 Å². The lowest BCUT2D eigenvalue weighted by Crippen LogP contribution is -2.23. The fourth-order valence-corrected chi connectivity index (χ4v) is 3.71. The van der Waals surface area contributed by atoms with Crippen molar-refractivity contribution in [2.24, 2.45) is 0 Å². The molecule has 0 aliphatic carbocycles. The van der Waals surface area contributed by atoms with Crippen LogP contribution in [0.4, 0.5) is 0 Å². The zero-order valence-corrected chi connectivity index (χ0v) is 16.8.